The largest absolute Gasteiger partial charge is 0.457 e. The van der Waals surface area contributed by atoms with Gasteiger partial charge in [-0.05, 0) is 44.5 Å². The van der Waals surface area contributed by atoms with E-state index in [9.17, 15) is 22.8 Å². The first-order valence-electron chi connectivity index (χ1n) is 8.66. The number of benzene rings is 1. The number of carbonyl (C=O) groups excluding carboxylic acids is 2. The van der Waals surface area contributed by atoms with Crippen molar-refractivity contribution in [2.75, 3.05) is 13.1 Å². The average molecular weight is 371 g/mol. The van der Waals surface area contributed by atoms with Gasteiger partial charge in [0.25, 0.3) is 0 Å². The van der Waals surface area contributed by atoms with Crippen LogP contribution in [0.2, 0.25) is 0 Å². The van der Waals surface area contributed by atoms with Crippen molar-refractivity contribution < 1.29 is 27.5 Å². The number of esters is 1. The third kappa shape index (κ3) is 5.30. The third-order valence-corrected chi connectivity index (χ3v) is 4.47. The van der Waals surface area contributed by atoms with Gasteiger partial charge in [0.1, 0.15) is 17.4 Å². The quantitative estimate of drug-likeness (QED) is 0.717. The Bertz CT molecular complexity index is 653. The maximum Gasteiger partial charge on any atom is 0.416 e. The maximum absolute atomic E-state index is 12.6. The zero-order valence-electron chi connectivity index (χ0n) is 15.2. The predicted octanol–water partition coefficient (Wildman–Crippen LogP) is 3.62. The highest BCUT2D eigenvalue weighted by Gasteiger charge is 2.40. The summed E-state index contributed by atoms with van der Waals surface area (Å²) < 4.78 is 43.0. The summed E-state index contributed by atoms with van der Waals surface area (Å²) in [6.07, 6.45) is -3.79. The number of rotatable bonds is 6. The molecule has 0 aliphatic carbocycles. The van der Waals surface area contributed by atoms with Gasteiger partial charge in [-0.15, -0.1) is 0 Å². The van der Waals surface area contributed by atoms with Gasteiger partial charge >= 0.3 is 12.1 Å². The summed E-state index contributed by atoms with van der Waals surface area (Å²) in [5.74, 6) is -0.504. The molecule has 2 rings (SSSR count). The first kappa shape index (κ1) is 20.4. The fraction of sp³-hybridized carbons (Fsp3) is 0.579. The second kappa shape index (κ2) is 7.78. The average Bonchev–Trinajstić information content (AvgIpc) is 2.54. The smallest absolute Gasteiger partial charge is 0.416 e. The number of carbonyl (C=O) groups is 2. The van der Waals surface area contributed by atoms with Crippen LogP contribution >= 0.6 is 0 Å². The van der Waals surface area contributed by atoms with Crippen LogP contribution in [0.3, 0.4) is 0 Å². The van der Waals surface area contributed by atoms with Crippen LogP contribution in [0, 0.1) is 0 Å². The molecule has 1 aromatic carbocycles. The molecule has 4 nitrogen and oxygen atoms in total. The number of alkyl halides is 3. The molecule has 1 aromatic rings. The highest BCUT2D eigenvalue weighted by atomic mass is 19.4. The number of likely N-dealkylation sites (N-methyl/N-ethyl adjacent to an activating group) is 1. The maximum atomic E-state index is 12.6. The van der Waals surface area contributed by atoms with E-state index >= 15 is 0 Å². The van der Waals surface area contributed by atoms with Crippen LogP contribution < -0.4 is 0 Å². The zero-order chi connectivity index (χ0) is 19.5. The Morgan fingerprint density at radius 2 is 1.88 bits per heavy atom. The highest BCUT2D eigenvalue weighted by Crippen LogP contribution is 2.29. The topological polar surface area (TPSA) is 46.6 Å². The summed E-state index contributed by atoms with van der Waals surface area (Å²) in [5.41, 5.74) is -0.628. The Kier molecular flexibility index (Phi) is 6.11. The van der Waals surface area contributed by atoms with Crippen LogP contribution in [0.15, 0.2) is 24.3 Å². The van der Waals surface area contributed by atoms with Gasteiger partial charge in [-0.3, -0.25) is 14.5 Å². The minimum absolute atomic E-state index is 0.0589. The molecule has 0 saturated carbocycles. The van der Waals surface area contributed by atoms with Gasteiger partial charge in [0.05, 0.1) is 5.56 Å². The summed E-state index contributed by atoms with van der Waals surface area (Å²) in [7, 11) is 0. The van der Waals surface area contributed by atoms with Gasteiger partial charge in [0.15, 0.2) is 0 Å². The van der Waals surface area contributed by atoms with Crippen LogP contribution in [0.25, 0.3) is 0 Å². The number of ketones is 1. The Labute approximate surface area is 151 Å². The monoisotopic (exact) mass is 371 g/mol. The highest BCUT2D eigenvalue weighted by molar-refractivity contribution is 5.87. The molecule has 0 aromatic heterocycles. The molecular formula is C19H24F3NO3. The Hall–Kier alpha value is -1.89. The molecule has 1 atom stereocenters. The number of nitrogens with zero attached hydrogens (tertiary/aromatic N) is 1. The van der Waals surface area contributed by atoms with Gasteiger partial charge in [-0.1, -0.05) is 19.1 Å². The van der Waals surface area contributed by atoms with E-state index in [1.807, 2.05) is 25.7 Å². The summed E-state index contributed by atoms with van der Waals surface area (Å²) >= 11 is 0. The molecule has 0 radical (unpaired) electrons. The molecule has 0 spiro atoms. The zero-order valence-corrected chi connectivity index (χ0v) is 15.2. The molecule has 1 heterocycles. The molecule has 1 aliphatic heterocycles. The Morgan fingerprint density at radius 3 is 2.42 bits per heavy atom. The van der Waals surface area contributed by atoms with Gasteiger partial charge in [0.2, 0.25) is 0 Å². The summed E-state index contributed by atoms with van der Waals surface area (Å²) in [4.78, 5) is 26.4. The van der Waals surface area contributed by atoms with Crippen LogP contribution in [-0.2, 0) is 26.9 Å². The second-order valence-corrected chi connectivity index (χ2v) is 7.20. The first-order chi connectivity index (χ1) is 12.0. The number of Topliss-reactive ketones (excluding diaryl/α,β-unsaturated/α-hetero) is 1. The third-order valence-electron chi connectivity index (χ3n) is 4.47. The van der Waals surface area contributed by atoms with Crippen molar-refractivity contribution in [3.63, 3.8) is 0 Å². The molecule has 1 fully saturated rings. The van der Waals surface area contributed by atoms with Crippen molar-refractivity contribution in [2.45, 2.75) is 57.9 Å². The number of hydrogen-bond donors (Lipinski definition) is 0. The Balaban J connectivity index is 1.91. The molecule has 7 heteroatoms. The van der Waals surface area contributed by atoms with Crippen molar-refractivity contribution in [1.29, 1.82) is 0 Å². The summed E-state index contributed by atoms with van der Waals surface area (Å²) in [6, 6.07) is 4.20. The van der Waals surface area contributed by atoms with E-state index in [0.717, 1.165) is 12.1 Å². The van der Waals surface area contributed by atoms with E-state index in [0.29, 0.717) is 25.1 Å². The second-order valence-electron chi connectivity index (χ2n) is 7.20. The van der Waals surface area contributed by atoms with Crippen LogP contribution in [0.1, 0.15) is 44.7 Å². The van der Waals surface area contributed by atoms with E-state index in [-0.39, 0.29) is 18.6 Å². The molecule has 0 amide bonds. The molecular weight excluding hydrogens is 347 g/mol. The first-order valence-corrected chi connectivity index (χ1v) is 8.66. The lowest BCUT2D eigenvalue weighted by Gasteiger charge is -2.41. The standard InChI is InChI=1S/C19H24F3NO3/c1-4-23-12-18(2,3)26-17(25)16(23)11-15(24)10-7-13-5-8-14(9-6-13)19(20,21)22/h5-6,8-9,16H,4,7,10-12H2,1-3H3. The van der Waals surface area contributed by atoms with E-state index < -0.39 is 29.4 Å². The molecule has 144 valence electrons. The number of cyclic esters (lactones) is 1. The van der Waals surface area contributed by atoms with Gasteiger partial charge in [0, 0.05) is 19.4 Å². The summed E-state index contributed by atoms with van der Waals surface area (Å²) in [6.45, 7) is 6.78. The van der Waals surface area contributed by atoms with E-state index in [1.54, 1.807) is 0 Å². The lowest BCUT2D eigenvalue weighted by molar-refractivity contribution is -0.178. The van der Waals surface area contributed by atoms with E-state index in [4.69, 9.17) is 4.74 Å². The van der Waals surface area contributed by atoms with E-state index in [2.05, 4.69) is 0 Å². The number of ether oxygens (including phenoxy) is 1. The van der Waals surface area contributed by atoms with E-state index in [1.165, 1.54) is 12.1 Å². The van der Waals surface area contributed by atoms with Crippen molar-refractivity contribution >= 4 is 11.8 Å². The number of halogens is 3. The van der Waals surface area contributed by atoms with Crippen LogP contribution in [-0.4, -0.2) is 41.4 Å². The molecule has 1 unspecified atom stereocenters. The number of morpholine rings is 1. The molecule has 26 heavy (non-hydrogen) atoms. The lowest BCUT2D eigenvalue weighted by atomic mass is 9.98. The minimum atomic E-state index is -4.37. The molecule has 0 bridgehead atoms. The molecule has 0 N–H and O–H groups in total. The van der Waals surface area contributed by atoms with Crippen molar-refractivity contribution in [2.24, 2.45) is 0 Å². The van der Waals surface area contributed by atoms with Crippen molar-refractivity contribution in [3.05, 3.63) is 35.4 Å². The predicted molar refractivity (Wildman–Crippen MR) is 90.6 cm³/mol. The van der Waals surface area contributed by atoms with Gasteiger partial charge in [-0.25, -0.2) is 0 Å². The van der Waals surface area contributed by atoms with Gasteiger partial charge < -0.3 is 4.74 Å². The van der Waals surface area contributed by atoms with Crippen molar-refractivity contribution in [1.82, 2.24) is 4.90 Å². The summed E-state index contributed by atoms with van der Waals surface area (Å²) in [5, 5.41) is 0. The Morgan fingerprint density at radius 1 is 1.27 bits per heavy atom. The lowest BCUT2D eigenvalue weighted by Crippen LogP contribution is -2.57. The van der Waals surface area contributed by atoms with Gasteiger partial charge in [-0.2, -0.15) is 13.2 Å². The number of hydrogen-bond acceptors (Lipinski definition) is 4. The van der Waals surface area contributed by atoms with Crippen LogP contribution in [0.4, 0.5) is 13.2 Å². The fourth-order valence-corrected chi connectivity index (χ4v) is 3.13. The number of aryl methyl sites for hydroxylation is 1. The van der Waals surface area contributed by atoms with Crippen LogP contribution in [0.5, 0.6) is 0 Å². The minimum Gasteiger partial charge on any atom is -0.457 e. The molecule has 1 aliphatic rings. The molecule has 1 saturated heterocycles. The normalized spacial score (nSPS) is 20.7. The SMILES string of the molecule is CCN1CC(C)(C)OC(=O)C1CC(=O)CCc1ccc(C(F)(F)F)cc1. The van der Waals surface area contributed by atoms with Crippen molar-refractivity contribution in [3.8, 4) is 0 Å². The fourth-order valence-electron chi connectivity index (χ4n) is 3.13.